The maximum absolute atomic E-state index is 5.15. The Morgan fingerprint density at radius 1 is 1.30 bits per heavy atom. The number of anilines is 2. The molecule has 0 fully saturated rings. The summed E-state index contributed by atoms with van der Waals surface area (Å²) in [5, 5.41) is 3.10. The van der Waals surface area contributed by atoms with Crippen LogP contribution in [-0.2, 0) is 4.74 Å². The van der Waals surface area contributed by atoms with Crippen LogP contribution in [0.5, 0.6) is 0 Å². The molecule has 5 heteroatoms. The van der Waals surface area contributed by atoms with E-state index in [9.17, 15) is 0 Å². The summed E-state index contributed by atoms with van der Waals surface area (Å²) >= 11 is 0. The van der Waals surface area contributed by atoms with Gasteiger partial charge in [-0.15, -0.1) is 0 Å². The van der Waals surface area contributed by atoms with Crippen molar-refractivity contribution >= 4 is 22.7 Å². The number of ether oxygens (including phenoxy) is 1. The fraction of sp³-hybridized carbons (Fsp3) is 0.333. The van der Waals surface area contributed by atoms with E-state index in [4.69, 9.17) is 4.74 Å². The highest BCUT2D eigenvalue weighted by molar-refractivity contribution is 5.80. The lowest BCUT2D eigenvalue weighted by Gasteiger charge is -2.19. The largest absolute Gasteiger partial charge is 0.502 e. The van der Waals surface area contributed by atoms with Gasteiger partial charge in [-0.2, -0.15) is 0 Å². The molecule has 0 atom stereocenters. The number of para-hydroxylation sites is 2. The lowest BCUT2D eigenvalue weighted by molar-refractivity contribution is 0.292. The third-order valence-corrected chi connectivity index (χ3v) is 3.13. The zero-order valence-corrected chi connectivity index (χ0v) is 12.3. The molecule has 0 amide bonds. The van der Waals surface area contributed by atoms with Crippen LogP contribution in [-0.4, -0.2) is 37.7 Å². The Balaban J connectivity index is 2.36. The molecule has 2 rings (SSSR count). The molecule has 0 unspecified atom stereocenters. The van der Waals surface area contributed by atoms with Gasteiger partial charge in [0.25, 0.3) is 0 Å². The number of likely N-dealkylation sites (N-methyl/N-ethyl adjacent to an activating group) is 1. The Labute approximate surface area is 119 Å². The number of aromatic nitrogens is 2. The maximum atomic E-state index is 5.15. The van der Waals surface area contributed by atoms with E-state index in [0.717, 1.165) is 28.4 Å². The minimum Gasteiger partial charge on any atom is -0.502 e. The third kappa shape index (κ3) is 2.99. The van der Waals surface area contributed by atoms with Gasteiger partial charge in [-0.3, -0.25) is 0 Å². The summed E-state index contributed by atoms with van der Waals surface area (Å²) in [6, 6.07) is 7.86. The molecule has 0 radical (unpaired) electrons. The molecule has 0 spiro atoms. The van der Waals surface area contributed by atoms with E-state index in [2.05, 4.69) is 15.3 Å². The van der Waals surface area contributed by atoms with Crippen molar-refractivity contribution in [2.45, 2.75) is 6.92 Å². The van der Waals surface area contributed by atoms with Gasteiger partial charge in [0.2, 0.25) is 0 Å². The molecule has 0 aliphatic carbocycles. The van der Waals surface area contributed by atoms with Gasteiger partial charge in [0.15, 0.2) is 11.6 Å². The quantitative estimate of drug-likeness (QED) is 0.848. The first-order chi connectivity index (χ1) is 9.65. The molecule has 1 heterocycles. The molecule has 0 aliphatic rings. The fourth-order valence-electron chi connectivity index (χ4n) is 1.86. The number of hydrogen-bond donors (Lipinski definition) is 1. The number of benzene rings is 1. The molecule has 1 aromatic carbocycles. The molecule has 0 aliphatic heterocycles. The van der Waals surface area contributed by atoms with E-state index >= 15 is 0 Å². The van der Waals surface area contributed by atoms with Crippen LogP contribution in [0.3, 0.4) is 0 Å². The van der Waals surface area contributed by atoms with Crippen LogP contribution in [0.2, 0.25) is 0 Å². The first kappa shape index (κ1) is 14.1. The van der Waals surface area contributed by atoms with E-state index < -0.39 is 0 Å². The summed E-state index contributed by atoms with van der Waals surface area (Å²) in [7, 11) is 5.51. The van der Waals surface area contributed by atoms with Gasteiger partial charge >= 0.3 is 0 Å². The SMILES string of the molecule is CNc1nc2ccccc2nc1N(C)CC=C(C)OC. The van der Waals surface area contributed by atoms with Gasteiger partial charge in [0.05, 0.1) is 23.9 Å². The number of hydrogen-bond acceptors (Lipinski definition) is 5. The van der Waals surface area contributed by atoms with E-state index in [1.54, 1.807) is 7.11 Å². The van der Waals surface area contributed by atoms with Crippen LogP contribution >= 0.6 is 0 Å². The third-order valence-electron chi connectivity index (χ3n) is 3.13. The predicted molar refractivity (Wildman–Crippen MR) is 83.1 cm³/mol. The Bertz CT molecular complexity index is 624. The smallest absolute Gasteiger partial charge is 0.172 e. The Hall–Kier alpha value is -2.30. The van der Waals surface area contributed by atoms with E-state index in [1.807, 2.05) is 56.3 Å². The van der Waals surface area contributed by atoms with Crippen molar-refractivity contribution in [2.75, 3.05) is 38.0 Å². The Kier molecular flexibility index (Phi) is 4.40. The number of rotatable bonds is 5. The van der Waals surface area contributed by atoms with Gasteiger partial charge in [-0.25, -0.2) is 9.97 Å². The summed E-state index contributed by atoms with van der Waals surface area (Å²) in [6.45, 7) is 2.64. The first-order valence-electron chi connectivity index (χ1n) is 6.52. The van der Waals surface area contributed by atoms with E-state index in [0.29, 0.717) is 6.54 Å². The Morgan fingerprint density at radius 2 is 1.95 bits per heavy atom. The molecule has 20 heavy (non-hydrogen) atoms. The minimum atomic E-state index is 0.710. The molecular weight excluding hydrogens is 252 g/mol. The van der Waals surface area contributed by atoms with Gasteiger partial charge in [0, 0.05) is 20.6 Å². The summed E-state index contributed by atoms with van der Waals surface area (Å²) in [5.41, 5.74) is 1.78. The monoisotopic (exact) mass is 272 g/mol. The highest BCUT2D eigenvalue weighted by Crippen LogP contribution is 2.23. The summed E-state index contributed by atoms with van der Waals surface area (Å²) < 4.78 is 5.15. The number of fused-ring (bicyclic) bond motifs is 1. The van der Waals surface area contributed by atoms with Crippen LogP contribution in [0.25, 0.3) is 11.0 Å². The highest BCUT2D eigenvalue weighted by Gasteiger charge is 2.11. The van der Waals surface area contributed by atoms with Gasteiger partial charge in [0.1, 0.15) is 0 Å². The van der Waals surface area contributed by atoms with Crippen molar-refractivity contribution < 1.29 is 4.74 Å². The molecule has 106 valence electrons. The van der Waals surface area contributed by atoms with Crippen LogP contribution in [0.4, 0.5) is 11.6 Å². The van der Waals surface area contributed by atoms with Crippen LogP contribution in [0.1, 0.15) is 6.92 Å². The summed E-state index contributed by atoms with van der Waals surface area (Å²) in [6.07, 6.45) is 2.01. The van der Waals surface area contributed by atoms with Crippen molar-refractivity contribution in [2.24, 2.45) is 0 Å². The highest BCUT2D eigenvalue weighted by atomic mass is 16.5. The second-order valence-electron chi connectivity index (χ2n) is 4.53. The molecular formula is C15H20N4O. The average Bonchev–Trinajstić information content (AvgIpc) is 2.50. The van der Waals surface area contributed by atoms with Crippen molar-refractivity contribution in [1.82, 2.24) is 9.97 Å². The van der Waals surface area contributed by atoms with Crippen LogP contribution < -0.4 is 10.2 Å². The van der Waals surface area contributed by atoms with E-state index in [1.165, 1.54) is 0 Å². The number of nitrogens with one attached hydrogen (secondary N) is 1. The topological polar surface area (TPSA) is 50.3 Å². The number of allylic oxidation sites excluding steroid dienone is 1. The molecule has 2 aromatic rings. The normalized spacial score (nSPS) is 11.5. The molecule has 1 aromatic heterocycles. The Morgan fingerprint density at radius 3 is 2.55 bits per heavy atom. The first-order valence-corrected chi connectivity index (χ1v) is 6.52. The van der Waals surface area contributed by atoms with Gasteiger partial charge in [-0.05, 0) is 25.1 Å². The van der Waals surface area contributed by atoms with Gasteiger partial charge < -0.3 is 15.0 Å². The molecule has 5 nitrogen and oxygen atoms in total. The number of methoxy groups -OCH3 is 1. The molecule has 1 N–H and O–H groups in total. The number of nitrogens with zero attached hydrogens (tertiary/aromatic N) is 3. The van der Waals surface area contributed by atoms with Crippen molar-refractivity contribution in [3.05, 3.63) is 36.1 Å². The van der Waals surface area contributed by atoms with Crippen molar-refractivity contribution in [3.8, 4) is 0 Å². The van der Waals surface area contributed by atoms with E-state index in [-0.39, 0.29) is 0 Å². The minimum absolute atomic E-state index is 0.710. The van der Waals surface area contributed by atoms with Crippen molar-refractivity contribution in [3.63, 3.8) is 0 Å². The predicted octanol–water partition coefficient (Wildman–Crippen LogP) is 2.66. The average molecular weight is 272 g/mol. The van der Waals surface area contributed by atoms with Crippen molar-refractivity contribution in [1.29, 1.82) is 0 Å². The summed E-state index contributed by atoms with van der Waals surface area (Å²) in [5.74, 6) is 2.48. The lowest BCUT2D eigenvalue weighted by atomic mass is 10.3. The second kappa shape index (κ2) is 6.23. The van der Waals surface area contributed by atoms with Gasteiger partial charge in [-0.1, -0.05) is 12.1 Å². The lowest BCUT2D eigenvalue weighted by Crippen LogP contribution is -2.20. The standard InChI is InChI=1S/C15H20N4O/c1-11(20-4)9-10-19(3)15-14(16-2)17-12-7-5-6-8-13(12)18-15/h5-9H,10H2,1-4H3,(H,16,17). The zero-order valence-electron chi connectivity index (χ0n) is 12.3. The fourth-order valence-corrected chi connectivity index (χ4v) is 1.86. The molecule has 0 bridgehead atoms. The van der Waals surface area contributed by atoms with Crippen LogP contribution in [0.15, 0.2) is 36.1 Å². The molecule has 0 saturated heterocycles. The van der Waals surface area contributed by atoms with Crippen LogP contribution in [0, 0.1) is 0 Å². The summed E-state index contributed by atoms with van der Waals surface area (Å²) in [4.78, 5) is 11.3. The maximum Gasteiger partial charge on any atom is 0.172 e. The zero-order chi connectivity index (χ0) is 14.5. The molecule has 0 saturated carbocycles. The second-order valence-corrected chi connectivity index (χ2v) is 4.53.